The molecule has 0 radical (unpaired) electrons. The van der Waals surface area contributed by atoms with Gasteiger partial charge in [-0.2, -0.15) is 0 Å². The van der Waals surface area contributed by atoms with Gasteiger partial charge in [-0.05, 0) is 37.3 Å². The maximum Gasteiger partial charge on any atom is 0.255 e. The van der Waals surface area contributed by atoms with Crippen molar-refractivity contribution in [1.82, 2.24) is 5.32 Å². The van der Waals surface area contributed by atoms with Gasteiger partial charge in [-0.15, -0.1) is 0 Å². The van der Waals surface area contributed by atoms with Crippen molar-refractivity contribution in [3.63, 3.8) is 0 Å². The van der Waals surface area contributed by atoms with Crippen LogP contribution in [0.2, 0.25) is 0 Å². The van der Waals surface area contributed by atoms with E-state index in [-0.39, 0.29) is 11.9 Å². The van der Waals surface area contributed by atoms with Gasteiger partial charge in [-0.1, -0.05) is 38.8 Å². The molecule has 0 spiro atoms. The van der Waals surface area contributed by atoms with Crippen molar-refractivity contribution < 1.29 is 9.53 Å². The zero-order valence-electron chi connectivity index (χ0n) is 12.7. The van der Waals surface area contributed by atoms with Gasteiger partial charge in [-0.3, -0.25) is 4.79 Å². The number of hydrogen-bond acceptors (Lipinski definition) is 2. The van der Waals surface area contributed by atoms with Crippen LogP contribution in [0.25, 0.3) is 0 Å². The van der Waals surface area contributed by atoms with Crippen LogP contribution in [0.5, 0.6) is 5.75 Å². The molecule has 1 aromatic carbocycles. The van der Waals surface area contributed by atoms with Crippen LogP contribution < -0.4 is 10.1 Å². The maximum atomic E-state index is 12.5. The fourth-order valence-electron chi connectivity index (χ4n) is 2.97. The van der Waals surface area contributed by atoms with E-state index in [1.807, 2.05) is 31.2 Å². The SMILES string of the molecule is CCOc1ccccc1C(=O)NC1CCCC(C)C1C. The minimum Gasteiger partial charge on any atom is -0.493 e. The second kappa shape index (κ2) is 6.78. The first-order valence-electron chi connectivity index (χ1n) is 7.66. The molecular formula is C17H25NO2. The van der Waals surface area contributed by atoms with E-state index in [4.69, 9.17) is 4.74 Å². The van der Waals surface area contributed by atoms with Gasteiger partial charge < -0.3 is 10.1 Å². The standard InChI is InChI=1S/C17H25NO2/c1-4-20-16-11-6-5-9-14(16)17(19)18-15-10-7-8-12(2)13(15)3/h5-6,9,11-13,15H,4,7-8,10H2,1-3H3,(H,18,19). The number of hydrogen-bond donors (Lipinski definition) is 1. The van der Waals surface area contributed by atoms with Gasteiger partial charge in [0.05, 0.1) is 12.2 Å². The van der Waals surface area contributed by atoms with Crippen LogP contribution in [0.1, 0.15) is 50.4 Å². The molecule has 1 aliphatic rings. The molecule has 1 aliphatic carbocycles. The summed E-state index contributed by atoms with van der Waals surface area (Å²) in [4.78, 5) is 12.5. The minimum absolute atomic E-state index is 0.0139. The smallest absolute Gasteiger partial charge is 0.255 e. The molecule has 1 fully saturated rings. The Kier molecular flexibility index (Phi) is 5.05. The van der Waals surface area contributed by atoms with Gasteiger partial charge in [0.2, 0.25) is 0 Å². The molecule has 0 bridgehead atoms. The number of benzene rings is 1. The highest BCUT2D eigenvalue weighted by atomic mass is 16.5. The topological polar surface area (TPSA) is 38.3 Å². The lowest BCUT2D eigenvalue weighted by molar-refractivity contribution is 0.0887. The van der Waals surface area contributed by atoms with E-state index in [2.05, 4.69) is 19.2 Å². The predicted molar refractivity (Wildman–Crippen MR) is 81.0 cm³/mol. The van der Waals surface area contributed by atoms with E-state index in [0.29, 0.717) is 29.8 Å². The quantitative estimate of drug-likeness (QED) is 0.911. The summed E-state index contributed by atoms with van der Waals surface area (Å²) in [5.41, 5.74) is 0.639. The molecule has 0 aromatic heterocycles. The number of carbonyl (C=O) groups is 1. The maximum absolute atomic E-state index is 12.5. The number of carbonyl (C=O) groups excluding carboxylic acids is 1. The van der Waals surface area contributed by atoms with E-state index in [1.165, 1.54) is 12.8 Å². The monoisotopic (exact) mass is 275 g/mol. The van der Waals surface area contributed by atoms with E-state index < -0.39 is 0 Å². The lowest BCUT2D eigenvalue weighted by Crippen LogP contribution is -2.43. The largest absolute Gasteiger partial charge is 0.493 e. The molecule has 1 aromatic rings. The van der Waals surface area contributed by atoms with Gasteiger partial charge in [0.15, 0.2) is 0 Å². The van der Waals surface area contributed by atoms with E-state index >= 15 is 0 Å². The molecule has 3 nitrogen and oxygen atoms in total. The van der Waals surface area contributed by atoms with Crippen LogP contribution in [0.15, 0.2) is 24.3 Å². The second-order valence-electron chi connectivity index (χ2n) is 5.78. The van der Waals surface area contributed by atoms with Crippen LogP contribution in [0.4, 0.5) is 0 Å². The average molecular weight is 275 g/mol. The Bertz CT molecular complexity index is 458. The summed E-state index contributed by atoms with van der Waals surface area (Å²) >= 11 is 0. The number of nitrogens with one attached hydrogen (secondary N) is 1. The van der Waals surface area contributed by atoms with Crippen LogP contribution in [0, 0.1) is 11.8 Å². The molecule has 1 saturated carbocycles. The minimum atomic E-state index is -0.0139. The second-order valence-corrected chi connectivity index (χ2v) is 5.78. The third kappa shape index (κ3) is 3.33. The first-order valence-corrected chi connectivity index (χ1v) is 7.66. The summed E-state index contributed by atoms with van der Waals surface area (Å²) in [6.07, 6.45) is 3.54. The number of ether oxygens (including phenoxy) is 1. The van der Waals surface area contributed by atoms with E-state index in [1.54, 1.807) is 0 Å². The Morgan fingerprint density at radius 1 is 1.30 bits per heavy atom. The summed E-state index contributed by atoms with van der Waals surface area (Å²) in [7, 11) is 0. The Balaban J connectivity index is 2.08. The summed E-state index contributed by atoms with van der Waals surface area (Å²) in [5, 5.41) is 3.20. The normalized spacial score (nSPS) is 26.1. The zero-order valence-corrected chi connectivity index (χ0v) is 12.7. The summed E-state index contributed by atoms with van der Waals surface area (Å²) < 4.78 is 5.53. The lowest BCUT2D eigenvalue weighted by Gasteiger charge is -2.34. The van der Waals surface area contributed by atoms with Crippen molar-refractivity contribution in [2.75, 3.05) is 6.61 Å². The highest BCUT2D eigenvalue weighted by Gasteiger charge is 2.28. The molecular weight excluding hydrogens is 250 g/mol. The zero-order chi connectivity index (χ0) is 14.5. The van der Waals surface area contributed by atoms with Crippen molar-refractivity contribution in [3.05, 3.63) is 29.8 Å². The molecule has 0 aliphatic heterocycles. The van der Waals surface area contributed by atoms with Gasteiger partial charge in [0.25, 0.3) is 5.91 Å². The third-order valence-electron chi connectivity index (χ3n) is 4.45. The Morgan fingerprint density at radius 3 is 2.80 bits per heavy atom. The van der Waals surface area contributed by atoms with Gasteiger partial charge in [0.1, 0.15) is 5.75 Å². The Morgan fingerprint density at radius 2 is 2.05 bits per heavy atom. The number of rotatable bonds is 4. The molecule has 3 heteroatoms. The van der Waals surface area contributed by atoms with Crippen LogP contribution >= 0.6 is 0 Å². The summed E-state index contributed by atoms with van der Waals surface area (Å²) in [6.45, 7) is 7.01. The fraction of sp³-hybridized carbons (Fsp3) is 0.588. The molecule has 3 unspecified atom stereocenters. The van der Waals surface area contributed by atoms with Gasteiger partial charge in [-0.25, -0.2) is 0 Å². The number of para-hydroxylation sites is 1. The highest BCUT2D eigenvalue weighted by Crippen LogP contribution is 2.30. The van der Waals surface area contributed by atoms with Gasteiger partial charge in [0, 0.05) is 6.04 Å². The van der Waals surface area contributed by atoms with Crippen LogP contribution in [-0.4, -0.2) is 18.6 Å². The Hall–Kier alpha value is -1.51. The third-order valence-corrected chi connectivity index (χ3v) is 4.45. The molecule has 110 valence electrons. The van der Waals surface area contributed by atoms with E-state index in [9.17, 15) is 4.79 Å². The first-order chi connectivity index (χ1) is 9.63. The average Bonchev–Trinajstić information content (AvgIpc) is 2.45. The Labute approximate surface area is 121 Å². The highest BCUT2D eigenvalue weighted by molar-refractivity contribution is 5.97. The van der Waals surface area contributed by atoms with Crippen molar-refractivity contribution in [1.29, 1.82) is 0 Å². The molecule has 1 amide bonds. The van der Waals surface area contributed by atoms with Crippen LogP contribution in [0.3, 0.4) is 0 Å². The molecule has 3 atom stereocenters. The van der Waals surface area contributed by atoms with Crippen molar-refractivity contribution in [3.8, 4) is 5.75 Å². The first kappa shape index (κ1) is 14.9. The summed E-state index contributed by atoms with van der Waals surface area (Å²) in [6, 6.07) is 7.74. The summed E-state index contributed by atoms with van der Waals surface area (Å²) in [5.74, 6) is 1.87. The van der Waals surface area contributed by atoms with E-state index in [0.717, 1.165) is 6.42 Å². The predicted octanol–water partition coefficient (Wildman–Crippen LogP) is 3.64. The molecule has 0 saturated heterocycles. The van der Waals surface area contributed by atoms with Crippen molar-refractivity contribution in [2.24, 2.45) is 11.8 Å². The fourth-order valence-corrected chi connectivity index (χ4v) is 2.97. The van der Waals surface area contributed by atoms with Gasteiger partial charge >= 0.3 is 0 Å². The van der Waals surface area contributed by atoms with Crippen molar-refractivity contribution >= 4 is 5.91 Å². The molecule has 20 heavy (non-hydrogen) atoms. The van der Waals surface area contributed by atoms with Crippen molar-refractivity contribution in [2.45, 2.75) is 46.1 Å². The van der Waals surface area contributed by atoms with Crippen LogP contribution in [-0.2, 0) is 0 Å². The molecule has 0 heterocycles. The molecule has 2 rings (SSSR count). The number of amides is 1. The molecule has 1 N–H and O–H groups in total. The lowest BCUT2D eigenvalue weighted by atomic mass is 9.78.